The van der Waals surface area contributed by atoms with Gasteiger partial charge in [0.15, 0.2) is 0 Å². The Labute approximate surface area is 92.1 Å². The molecule has 1 aliphatic carbocycles. The van der Waals surface area contributed by atoms with Gasteiger partial charge in [0.2, 0.25) is 0 Å². The fraction of sp³-hybridized carbons (Fsp3) is 0.286. The van der Waals surface area contributed by atoms with Crippen LogP contribution in [-0.4, -0.2) is 17.5 Å². The highest BCUT2D eigenvalue weighted by Gasteiger charge is 2.20. The summed E-state index contributed by atoms with van der Waals surface area (Å²) in [5, 5.41) is 0. The van der Waals surface area contributed by atoms with E-state index < -0.39 is 0 Å². The molecule has 78 valence electrons. The molecule has 0 aromatic rings. The second-order valence-electron chi connectivity index (χ2n) is 4.00. The van der Waals surface area contributed by atoms with E-state index in [1.807, 2.05) is 24.3 Å². The Morgan fingerprint density at radius 3 is 2.67 bits per heavy atom. The van der Waals surface area contributed by atoms with Crippen LogP contribution in [0.5, 0.6) is 0 Å². The Morgan fingerprint density at radius 2 is 2.13 bits per heavy atom. The Kier molecular flexibility index (Phi) is 3.57. The Balaban J connectivity index is 2.84. The van der Waals surface area contributed by atoms with Gasteiger partial charge in [-0.3, -0.25) is 0 Å². The van der Waals surface area contributed by atoms with Crippen molar-refractivity contribution in [3.8, 4) is 0 Å². The molecule has 0 aliphatic heterocycles. The Bertz CT molecular complexity index is 395. The van der Waals surface area contributed by atoms with Crippen molar-refractivity contribution in [1.29, 1.82) is 0 Å². The van der Waals surface area contributed by atoms with Crippen molar-refractivity contribution in [3.05, 3.63) is 60.2 Å². The van der Waals surface area contributed by atoms with Gasteiger partial charge >= 0.3 is 0 Å². The third kappa shape index (κ3) is 2.89. The zero-order chi connectivity index (χ0) is 11.3. The second-order valence-corrected chi connectivity index (χ2v) is 4.00. The van der Waals surface area contributed by atoms with Crippen LogP contribution in [0.4, 0.5) is 0 Å². The van der Waals surface area contributed by atoms with Crippen LogP contribution in [0.2, 0.25) is 0 Å². The zero-order valence-corrected chi connectivity index (χ0v) is 9.62. The molecule has 0 N–H and O–H groups in total. The summed E-state index contributed by atoms with van der Waals surface area (Å²) in [7, 11) is 2.07. The molecule has 0 amide bonds. The van der Waals surface area contributed by atoms with Gasteiger partial charge in [0.05, 0.1) is 5.54 Å². The summed E-state index contributed by atoms with van der Waals surface area (Å²) in [5.41, 5.74) is 6.95. The average molecular weight is 199 g/mol. The first-order valence-corrected chi connectivity index (χ1v) is 5.00. The van der Waals surface area contributed by atoms with Gasteiger partial charge in [-0.1, -0.05) is 36.3 Å². The van der Waals surface area contributed by atoms with Crippen molar-refractivity contribution >= 4 is 0 Å². The van der Waals surface area contributed by atoms with Crippen molar-refractivity contribution in [1.82, 2.24) is 4.90 Å². The van der Waals surface area contributed by atoms with E-state index in [-0.39, 0.29) is 5.54 Å². The minimum atomic E-state index is -0.0383. The van der Waals surface area contributed by atoms with Gasteiger partial charge < -0.3 is 4.90 Å². The van der Waals surface area contributed by atoms with Crippen LogP contribution in [0, 0.1) is 0 Å². The van der Waals surface area contributed by atoms with Crippen LogP contribution >= 0.6 is 0 Å². The lowest BCUT2D eigenvalue weighted by Gasteiger charge is -2.35. The first kappa shape index (κ1) is 11.4. The molecule has 1 heteroatoms. The molecule has 1 rings (SSSR count). The fourth-order valence-corrected chi connectivity index (χ4v) is 1.30. The maximum atomic E-state index is 3.68. The van der Waals surface area contributed by atoms with Gasteiger partial charge in [-0.05, 0) is 26.0 Å². The Hall–Kier alpha value is -1.68. The summed E-state index contributed by atoms with van der Waals surface area (Å²) < 4.78 is 0. The smallest absolute Gasteiger partial charge is 0.0528 e. The zero-order valence-electron chi connectivity index (χ0n) is 9.62. The van der Waals surface area contributed by atoms with E-state index in [1.165, 1.54) is 0 Å². The highest BCUT2D eigenvalue weighted by atomic mass is 15.2. The lowest BCUT2D eigenvalue weighted by molar-refractivity contribution is 0.269. The molecule has 1 nitrogen and oxygen atoms in total. The van der Waals surface area contributed by atoms with Crippen LogP contribution in [0.15, 0.2) is 60.2 Å². The summed E-state index contributed by atoms with van der Waals surface area (Å²) in [6.45, 7) is 7.99. The van der Waals surface area contributed by atoms with E-state index in [1.54, 1.807) is 6.08 Å². The van der Waals surface area contributed by atoms with E-state index in [2.05, 4.69) is 49.9 Å². The highest BCUT2D eigenvalue weighted by molar-refractivity contribution is 5.28. The largest absolute Gasteiger partial charge is 0.365 e. The van der Waals surface area contributed by atoms with Crippen molar-refractivity contribution < 1.29 is 0 Å². The summed E-state index contributed by atoms with van der Waals surface area (Å²) in [6, 6.07) is 0. The van der Waals surface area contributed by atoms with Crippen molar-refractivity contribution in [2.45, 2.75) is 19.4 Å². The van der Waals surface area contributed by atoms with E-state index in [9.17, 15) is 0 Å². The Morgan fingerprint density at radius 1 is 1.40 bits per heavy atom. The average Bonchev–Trinajstić information content (AvgIpc) is 2.26. The summed E-state index contributed by atoms with van der Waals surface area (Å²) in [4.78, 5) is 2.19. The lowest BCUT2D eigenvalue weighted by atomic mass is 10.0. The predicted molar refractivity (Wildman–Crippen MR) is 65.4 cm³/mol. The van der Waals surface area contributed by atoms with Gasteiger partial charge in [0.1, 0.15) is 0 Å². The topological polar surface area (TPSA) is 3.24 Å². The molecule has 1 aliphatic rings. The van der Waals surface area contributed by atoms with Crippen LogP contribution in [0.1, 0.15) is 13.8 Å². The van der Waals surface area contributed by atoms with Gasteiger partial charge in [0.25, 0.3) is 0 Å². The number of rotatable bonds is 4. The van der Waals surface area contributed by atoms with Crippen molar-refractivity contribution in [2.24, 2.45) is 0 Å². The number of likely N-dealkylation sites (N-methyl/N-ethyl adjacent to an activating group) is 1. The first-order chi connectivity index (χ1) is 7.08. The van der Waals surface area contributed by atoms with E-state index in [0.717, 1.165) is 5.70 Å². The van der Waals surface area contributed by atoms with Gasteiger partial charge in [-0.15, -0.1) is 0 Å². The first-order valence-electron chi connectivity index (χ1n) is 5.00. The molecule has 0 unspecified atom stereocenters. The summed E-state index contributed by atoms with van der Waals surface area (Å²) in [5.74, 6) is 0. The maximum Gasteiger partial charge on any atom is 0.0528 e. The number of hydrogen-bond donors (Lipinski definition) is 0. The van der Waals surface area contributed by atoms with E-state index in [4.69, 9.17) is 0 Å². The fourth-order valence-electron chi connectivity index (χ4n) is 1.30. The third-order valence-electron chi connectivity index (χ3n) is 2.53. The maximum absolute atomic E-state index is 3.68. The van der Waals surface area contributed by atoms with Gasteiger partial charge in [-0.25, -0.2) is 0 Å². The lowest BCUT2D eigenvalue weighted by Crippen LogP contribution is -2.38. The molecule has 0 atom stereocenters. The monoisotopic (exact) mass is 199 g/mol. The van der Waals surface area contributed by atoms with Gasteiger partial charge in [0, 0.05) is 18.8 Å². The molecule has 0 saturated heterocycles. The normalized spacial score (nSPS) is 14.5. The van der Waals surface area contributed by atoms with Crippen LogP contribution in [0.3, 0.4) is 0 Å². The standard InChI is InChI=1S/C14H17N/c1-5-6-12-14(2,3)15(4)13-10-8-7-9-11-13/h5-6,8,10-12H,1H2,2-4H3/b12-6-. The predicted octanol–water partition coefficient (Wildman–Crippen LogP) is 3.20. The van der Waals surface area contributed by atoms with Crippen LogP contribution in [-0.2, 0) is 0 Å². The molecule has 0 heterocycles. The van der Waals surface area contributed by atoms with Crippen LogP contribution < -0.4 is 0 Å². The molecule has 15 heavy (non-hydrogen) atoms. The minimum Gasteiger partial charge on any atom is -0.365 e. The SMILES string of the molecule is C=C/C=C\C(C)(C)N(C)C1=CC=C=C=C1. The minimum absolute atomic E-state index is 0.0383. The number of nitrogens with zero attached hydrogens (tertiary/aromatic N) is 1. The molecule has 0 spiro atoms. The molecule has 0 saturated carbocycles. The molecule has 0 aromatic heterocycles. The molecular formula is C14H17N. The molecule has 0 bridgehead atoms. The van der Waals surface area contributed by atoms with E-state index >= 15 is 0 Å². The molecule has 0 fully saturated rings. The number of hydrogen-bond acceptors (Lipinski definition) is 1. The van der Waals surface area contributed by atoms with E-state index in [0.29, 0.717) is 0 Å². The molecule has 0 radical (unpaired) electrons. The summed E-state index contributed by atoms with van der Waals surface area (Å²) >= 11 is 0. The quantitative estimate of drug-likeness (QED) is 0.496. The molecular weight excluding hydrogens is 182 g/mol. The van der Waals surface area contributed by atoms with Gasteiger partial charge in [-0.2, -0.15) is 0 Å². The van der Waals surface area contributed by atoms with Crippen molar-refractivity contribution in [3.63, 3.8) is 0 Å². The van der Waals surface area contributed by atoms with Crippen LogP contribution in [0.25, 0.3) is 0 Å². The third-order valence-corrected chi connectivity index (χ3v) is 2.53. The summed E-state index contributed by atoms with van der Waals surface area (Å²) in [6.07, 6.45) is 11.7. The molecule has 0 aromatic carbocycles. The second kappa shape index (κ2) is 4.70. The highest BCUT2D eigenvalue weighted by Crippen LogP contribution is 2.20. The number of allylic oxidation sites excluding steroid dienone is 5. The van der Waals surface area contributed by atoms with Crippen molar-refractivity contribution in [2.75, 3.05) is 7.05 Å².